The predicted octanol–water partition coefficient (Wildman–Crippen LogP) is 6.23. The molecule has 1 spiro atoms. The molecular formula is C28H23Cl2FN2O4. The van der Waals surface area contributed by atoms with Gasteiger partial charge in [0.25, 0.3) is 0 Å². The van der Waals surface area contributed by atoms with Gasteiger partial charge in [-0.1, -0.05) is 47.5 Å². The van der Waals surface area contributed by atoms with Crippen molar-refractivity contribution in [3.8, 4) is 0 Å². The van der Waals surface area contributed by atoms with Crippen LogP contribution in [0, 0.1) is 12.7 Å². The topological polar surface area (TPSA) is 75.7 Å². The van der Waals surface area contributed by atoms with E-state index in [1.165, 1.54) is 18.2 Å². The fourth-order valence-corrected chi connectivity index (χ4v) is 6.05. The van der Waals surface area contributed by atoms with Gasteiger partial charge in [-0.15, -0.1) is 0 Å². The molecule has 3 amide bonds. The molecule has 0 radical (unpaired) electrons. The van der Waals surface area contributed by atoms with Crippen molar-refractivity contribution in [3.05, 3.63) is 98.8 Å². The molecule has 5 rings (SSSR count). The lowest BCUT2D eigenvalue weighted by Crippen LogP contribution is -2.59. The predicted molar refractivity (Wildman–Crippen MR) is 138 cm³/mol. The number of hydrogen-bond donors (Lipinski definition) is 1. The zero-order chi connectivity index (χ0) is 26.5. The summed E-state index contributed by atoms with van der Waals surface area (Å²) in [5.41, 5.74) is 1.00. The largest absolute Gasteiger partial charge is 0.449 e. The Labute approximate surface area is 223 Å². The first-order chi connectivity index (χ1) is 17.7. The molecule has 3 aromatic rings. The van der Waals surface area contributed by atoms with Crippen molar-refractivity contribution in [1.82, 2.24) is 5.32 Å². The van der Waals surface area contributed by atoms with Gasteiger partial charge in [0.2, 0.25) is 11.8 Å². The highest BCUT2D eigenvalue weighted by Gasteiger charge is 2.64. The number of nitrogens with zero attached hydrogens (tertiary/aromatic N) is 1. The van der Waals surface area contributed by atoms with E-state index in [1.54, 1.807) is 56.3 Å². The highest BCUT2D eigenvalue weighted by Crippen LogP contribution is 2.59. The van der Waals surface area contributed by atoms with Crippen LogP contribution in [-0.4, -0.2) is 24.5 Å². The van der Waals surface area contributed by atoms with Crippen LogP contribution in [0.4, 0.5) is 14.9 Å². The molecule has 2 unspecified atom stereocenters. The molecule has 0 aliphatic carbocycles. The first kappa shape index (κ1) is 25.2. The van der Waals surface area contributed by atoms with Crippen LogP contribution in [0.5, 0.6) is 0 Å². The van der Waals surface area contributed by atoms with Crippen molar-refractivity contribution in [1.29, 1.82) is 0 Å². The number of anilines is 1. The van der Waals surface area contributed by atoms with Crippen LogP contribution in [-0.2, 0) is 19.7 Å². The van der Waals surface area contributed by atoms with Crippen LogP contribution in [0.15, 0.2) is 60.7 Å². The number of amides is 3. The van der Waals surface area contributed by atoms with Crippen LogP contribution < -0.4 is 10.2 Å². The van der Waals surface area contributed by atoms with Crippen LogP contribution in [0.25, 0.3) is 0 Å². The van der Waals surface area contributed by atoms with Crippen molar-refractivity contribution < 1.29 is 23.5 Å². The summed E-state index contributed by atoms with van der Waals surface area (Å²) in [6.45, 7) is 3.49. The Morgan fingerprint density at radius 1 is 1.11 bits per heavy atom. The zero-order valence-corrected chi connectivity index (χ0v) is 21.6. The number of aryl methyl sites for hydroxylation is 1. The van der Waals surface area contributed by atoms with Crippen molar-refractivity contribution in [2.75, 3.05) is 11.5 Å². The third-order valence-corrected chi connectivity index (χ3v) is 7.62. The van der Waals surface area contributed by atoms with Gasteiger partial charge in [-0.25, -0.2) is 14.1 Å². The summed E-state index contributed by atoms with van der Waals surface area (Å²) in [6, 6.07) is 15.1. The number of carbonyl (C=O) groups excluding carboxylic acids is 3. The van der Waals surface area contributed by atoms with E-state index in [2.05, 4.69) is 5.32 Å². The number of benzene rings is 3. The number of fused-ring (bicyclic) bond motifs is 2. The number of carbonyl (C=O) groups is 3. The molecule has 1 saturated heterocycles. The smallest absolute Gasteiger partial charge is 0.421 e. The molecule has 1 N–H and O–H groups in total. The fraction of sp³-hybridized carbons (Fsp3) is 0.250. The van der Waals surface area contributed by atoms with Gasteiger partial charge >= 0.3 is 6.09 Å². The van der Waals surface area contributed by atoms with E-state index in [-0.39, 0.29) is 24.6 Å². The van der Waals surface area contributed by atoms with Gasteiger partial charge < -0.3 is 10.1 Å². The quantitative estimate of drug-likeness (QED) is 0.427. The second-order valence-corrected chi connectivity index (χ2v) is 10.1. The highest BCUT2D eigenvalue weighted by atomic mass is 35.5. The number of nitrogens with one attached hydrogen (secondary N) is 1. The first-order valence-electron chi connectivity index (χ1n) is 11.8. The molecule has 0 aromatic heterocycles. The summed E-state index contributed by atoms with van der Waals surface area (Å²) in [6.07, 6.45) is -0.962. The third kappa shape index (κ3) is 3.97. The molecule has 37 heavy (non-hydrogen) atoms. The number of halogens is 3. The Morgan fingerprint density at radius 2 is 1.86 bits per heavy atom. The maximum absolute atomic E-state index is 14.6. The van der Waals surface area contributed by atoms with Crippen molar-refractivity contribution >= 4 is 46.8 Å². The summed E-state index contributed by atoms with van der Waals surface area (Å²) in [4.78, 5) is 41.9. The van der Waals surface area contributed by atoms with Gasteiger partial charge in [0.15, 0.2) is 0 Å². The lowest BCUT2D eigenvalue weighted by molar-refractivity contribution is -0.132. The minimum Gasteiger partial charge on any atom is -0.449 e. The standard InChI is InChI=1S/C28H23Cl2FN2O4/c1-3-37-27(36)33-23-12-18(30)8-10-21(23)28(26(33)35)22(20-13-19(31)9-7-15(20)2)14-24(34)32-25(28)16-5-4-6-17(29)11-16/h4-13,22,25H,3,14H2,1-2H3,(H,32,34)/t22-,25?,28?/m1/s1. The van der Waals surface area contributed by atoms with Crippen LogP contribution in [0.3, 0.4) is 0 Å². The molecule has 2 heterocycles. The Morgan fingerprint density at radius 3 is 2.59 bits per heavy atom. The van der Waals surface area contributed by atoms with E-state index in [4.69, 9.17) is 27.9 Å². The normalized spacial score (nSPS) is 22.7. The van der Waals surface area contributed by atoms with E-state index >= 15 is 0 Å². The van der Waals surface area contributed by atoms with E-state index in [0.717, 1.165) is 4.90 Å². The molecule has 1 fully saturated rings. The van der Waals surface area contributed by atoms with Crippen molar-refractivity contribution in [2.45, 2.75) is 37.6 Å². The second kappa shape index (κ2) is 9.47. The van der Waals surface area contributed by atoms with Gasteiger partial charge in [0.1, 0.15) is 11.2 Å². The maximum atomic E-state index is 14.6. The molecule has 2 aliphatic heterocycles. The van der Waals surface area contributed by atoms with Crippen LogP contribution >= 0.6 is 23.2 Å². The molecule has 9 heteroatoms. The van der Waals surface area contributed by atoms with Gasteiger partial charge in [-0.3, -0.25) is 9.59 Å². The average Bonchev–Trinajstić information content (AvgIpc) is 3.10. The molecule has 2 aliphatic rings. The average molecular weight is 541 g/mol. The Balaban J connectivity index is 1.87. The number of imide groups is 1. The number of hydrogen-bond acceptors (Lipinski definition) is 4. The van der Waals surface area contributed by atoms with E-state index < -0.39 is 35.2 Å². The molecule has 0 bridgehead atoms. The Hall–Kier alpha value is -3.42. The van der Waals surface area contributed by atoms with Gasteiger partial charge in [0, 0.05) is 22.4 Å². The molecular weight excluding hydrogens is 518 g/mol. The van der Waals surface area contributed by atoms with Gasteiger partial charge in [-0.2, -0.15) is 0 Å². The number of piperidine rings is 1. The fourth-order valence-electron chi connectivity index (χ4n) is 5.69. The number of rotatable bonds is 3. The summed E-state index contributed by atoms with van der Waals surface area (Å²) < 4.78 is 19.8. The Kier molecular flexibility index (Phi) is 6.46. The lowest BCUT2D eigenvalue weighted by Gasteiger charge is -2.47. The van der Waals surface area contributed by atoms with E-state index in [0.29, 0.717) is 32.3 Å². The molecule has 0 saturated carbocycles. The minimum atomic E-state index is -1.52. The van der Waals surface area contributed by atoms with Gasteiger partial charge in [0.05, 0.1) is 18.3 Å². The molecule has 3 aromatic carbocycles. The van der Waals surface area contributed by atoms with E-state index in [9.17, 15) is 18.8 Å². The third-order valence-electron chi connectivity index (χ3n) is 7.15. The maximum Gasteiger partial charge on any atom is 0.421 e. The molecule has 6 nitrogen and oxygen atoms in total. The van der Waals surface area contributed by atoms with Crippen molar-refractivity contribution in [3.63, 3.8) is 0 Å². The SMILES string of the molecule is CCOC(=O)N1C(=O)C2(c3ccc(Cl)cc31)C(c1cccc(Cl)c1)NC(=O)C[C@@H]2c1cc(F)ccc1C. The Bertz CT molecular complexity index is 1450. The minimum absolute atomic E-state index is 0.0480. The lowest BCUT2D eigenvalue weighted by atomic mass is 9.59. The highest BCUT2D eigenvalue weighted by molar-refractivity contribution is 6.32. The summed E-state index contributed by atoms with van der Waals surface area (Å²) in [5.74, 6) is -2.22. The van der Waals surface area contributed by atoms with E-state index in [1.807, 2.05) is 0 Å². The van der Waals surface area contributed by atoms with Gasteiger partial charge in [-0.05, 0) is 72.5 Å². The summed E-state index contributed by atoms with van der Waals surface area (Å²) in [7, 11) is 0. The number of ether oxygens (including phenoxy) is 1. The van der Waals surface area contributed by atoms with Crippen LogP contribution in [0.1, 0.15) is 47.6 Å². The molecule has 190 valence electrons. The molecule has 3 atom stereocenters. The second-order valence-electron chi connectivity index (χ2n) is 9.18. The zero-order valence-electron chi connectivity index (χ0n) is 20.1. The van der Waals surface area contributed by atoms with Crippen LogP contribution in [0.2, 0.25) is 10.0 Å². The summed E-state index contributed by atoms with van der Waals surface area (Å²) in [5, 5.41) is 3.71. The van der Waals surface area contributed by atoms with Crippen molar-refractivity contribution in [2.24, 2.45) is 0 Å². The monoisotopic (exact) mass is 540 g/mol. The summed E-state index contributed by atoms with van der Waals surface area (Å²) >= 11 is 12.6. The first-order valence-corrected chi connectivity index (χ1v) is 12.6.